The van der Waals surface area contributed by atoms with Crippen LogP contribution in [0.1, 0.15) is 0 Å². The molecule has 0 aromatic heterocycles. The summed E-state index contributed by atoms with van der Waals surface area (Å²) in [6, 6.07) is 4.15. The van der Waals surface area contributed by atoms with E-state index in [1.165, 1.54) is 18.2 Å². The van der Waals surface area contributed by atoms with Gasteiger partial charge in [-0.3, -0.25) is 4.55 Å². The first-order valence-electron chi connectivity index (χ1n) is 2.84. The third-order valence-electron chi connectivity index (χ3n) is 1.18. The van der Waals surface area contributed by atoms with Gasteiger partial charge in [0.25, 0.3) is 10.1 Å². The number of halogens is 2. The van der Waals surface area contributed by atoms with Crippen LogP contribution in [0.2, 0.25) is 10.0 Å². The van der Waals surface area contributed by atoms with Crippen LogP contribution in [0.5, 0.6) is 0 Å². The quantitative estimate of drug-likeness (QED) is 0.748. The third kappa shape index (κ3) is 1.90. The van der Waals surface area contributed by atoms with Gasteiger partial charge in [-0.2, -0.15) is 8.42 Å². The summed E-state index contributed by atoms with van der Waals surface area (Å²) in [5, 5.41) is -0.185. The van der Waals surface area contributed by atoms with E-state index < -0.39 is 15.0 Å². The second-order valence-corrected chi connectivity index (χ2v) is 4.20. The van der Waals surface area contributed by atoms with Crippen LogP contribution in [0.4, 0.5) is 0 Å². The highest BCUT2D eigenvalue weighted by Gasteiger charge is 2.17. The second kappa shape index (κ2) is 3.22. The molecule has 1 aromatic carbocycles. The number of rotatable bonds is 1. The molecule has 0 saturated carbocycles. The summed E-state index contributed by atoms with van der Waals surface area (Å²) < 4.78 is 30.0. The fourth-order valence-corrected chi connectivity index (χ4v) is 2.34. The topological polar surface area (TPSA) is 54.4 Å². The molecule has 6 heteroatoms. The van der Waals surface area contributed by atoms with Gasteiger partial charge in [0.2, 0.25) is 0 Å². The van der Waals surface area contributed by atoms with Gasteiger partial charge < -0.3 is 0 Å². The van der Waals surface area contributed by atoms with E-state index in [9.17, 15) is 8.42 Å². The van der Waals surface area contributed by atoms with Gasteiger partial charge in [0.05, 0.1) is 10.0 Å². The molecule has 1 N–H and O–H groups in total. The van der Waals surface area contributed by atoms with Crippen molar-refractivity contribution in [2.45, 2.75) is 4.90 Å². The highest BCUT2D eigenvalue weighted by molar-refractivity contribution is 7.86. The summed E-state index contributed by atoms with van der Waals surface area (Å²) in [5.41, 5.74) is 0. The number of hydrogen-bond donors (Lipinski definition) is 1. The molecule has 0 aliphatic carbocycles. The zero-order valence-electron chi connectivity index (χ0n) is 5.66. The minimum atomic E-state index is -4.33. The van der Waals surface area contributed by atoms with Crippen LogP contribution in [0.3, 0.4) is 0 Å². The van der Waals surface area contributed by atoms with E-state index in [0.29, 0.717) is 0 Å². The highest BCUT2D eigenvalue weighted by Crippen LogP contribution is 2.28. The molecule has 0 unspecified atom stereocenters. The van der Waals surface area contributed by atoms with Gasteiger partial charge in [-0.05, 0) is 12.1 Å². The van der Waals surface area contributed by atoms with Crippen molar-refractivity contribution in [3.63, 3.8) is 0 Å². The Morgan fingerprint density at radius 2 is 1.58 bits per heavy atom. The minimum Gasteiger partial charge on any atom is -0.282 e. The van der Waals surface area contributed by atoms with Crippen LogP contribution in [0, 0.1) is 0 Å². The van der Waals surface area contributed by atoms with Gasteiger partial charge in [-0.25, -0.2) is 0 Å². The standard InChI is InChI=1S/C6H4Cl2O3S/c7-4-2-1-3-5(8)6(4)12(9,10)11/h1-3H,(H,9,10,11). The van der Waals surface area contributed by atoms with Gasteiger partial charge in [-0.1, -0.05) is 29.3 Å². The van der Waals surface area contributed by atoms with E-state index in [1.807, 2.05) is 0 Å². The molecule has 0 spiro atoms. The largest absolute Gasteiger partial charge is 0.297 e. The lowest BCUT2D eigenvalue weighted by molar-refractivity contribution is 0.483. The second-order valence-electron chi connectivity index (χ2n) is 2.03. The normalized spacial score (nSPS) is 11.6. The van der Waals surface area contributed by atoms with Crippen molar-refractivity contribution in [1.82, 2.24) is 0 Å². The van der Waals surface area contributed by atoms with Crippen LogP contribution in [-0.2, 0) is 10.1 Å². The predicted molar refractivity (Wildman–Crippen MR) is 46.3 cm³/mol. The Labute approximate surface area is 79.7 Å². The lowest BCUT2D eigenvalue weighted by Crippen LogP contribution is -1.99. The van der Waals surface area contributed by atoms with E-state index >= 15 is 0 Å². The van der Waals surface area contributed by atoms with Crippen molar-refractivity contribution in [3.8, 4) is 0 Å². The van der Waals surface area contributed by atoms with Crippen molar-refractivity contribution in [2.24, 2.45) is 0 Å². The summed E-state index contributed by atoms with van der Waals surface area (Å²) in [6.45, 7) is 0. The highest BCUT2D eigenvalue weighted by atomic mass is 35.5. The Balaban J connectivity index is 3.53. The average molecular weight is 227 g/mol. The Morgan fingerprint density at radius 1 is 1.17 bits per heavy atom. The SMILES string of the molecule is O=S(=O)(O)c1c(Cl)cccc1Cl. The zero-order valence-corrected chi connectivity index (χ0v) is 7.99. The Bertz CT molecular complexity index is 379. The maximum absolute atomic E-state index is 10.7. The molecular formula is C6H4Cl2O3S. The van der Waals surface area contributed by atoms with Gasteiger partial charge in [-0.15, -0.1) is 0 Å². The van der Waals surface area contributed by atoms with Crippen molar-refractivity contribution in [3.05, 3.63) is 28.2 Å². The summed E-state index contributed by atoms with van der Waals surface area (Å²) in [5.74, 6) is 0. The van der Waals surface area contributed by atoms with Crippen LogP contribution in [-0.4, -0.2) is 13.0 Å². The monoisotopic (exact) mass is 226 g/mol. The van der Waals surface area contributed by atoms with Crippen molar-refractivity contribution in [2.75, 3.05) is 0 Å². The fraction of sp³-hybridized carbons (Fsp3) is 0. The Morgan fingerprint density at radius 3 is 1.83 bits per heavy atom. The molecule has 0 atom stereocenters. The van der Waals surface area contributed by atoms with Crippen molar-refractivity contribution >= 4 is 33.3 Å². The van der Waals surface area contributed by atoms with Gasteiger partial charge in [0, 0.05) is 0 Å². The fourth-order valence-electron chi connectivity index (χ4n) is 0.729. The third-order valence-corrected chi connectivity index (χ3v) is 2.99. The summed E-state index contributed by atoms with van der Waals surface area (Å²) >= 11 is 11.0. The smallest absolute Gasteiger partial charge is 0.282 e. The molecule has 1 rings (SSSR count). The molecule has 0 aliphatic heterocycles. The maximum atomic E-state index is 10.7. The molecule has 0 heterocycles. The average Bonchev–Trinajstić information content (AvgIpc) is 1.82. The van der Waals surface area contributed by atoms with Gasteiger partial charge in [0.1, 0.15) is 4.90 Å². The van der Waals surface area contributed by atoms with Crippen LogP contribution in [0.15, 0.2) is 23.1 Å². The first-order valence-corrected chi connectivity index (χ1v) is 5.04. The molecule has 0 radical (unpaired) electrons. The van der Waals surface area contributed by atoms with E-state index in [4.69, 9.17) is 27.8 Å². The summed E-state index contributed by atoms with van der Waals surface area (Å²) in [4.78, 5) is -0.451. The van der Waals surface area contributed by atoms with E-state index in [-0.39, 0.29) is 10.0 Å². The van der Waals surface area contributed by atoms with Crippen LogP contribution >= 0.6 is 23.2 Å². The lowest BCUT2D eigenvalue weighted by atomic mass is 10.4. The van der Waals surface area contributed by atoms with Crippen LogP contribution in [0.25, 0.3) is 0 Å². The molecule has 66 valence electrons. The van der Waals surface area contributed by atoms with Crippen LogP contribution < -0.4 is 0 Å². The first-order chi connectivity index (χ1) is 5.43. The van der Waals surface area contributed by atoms with Gasteiger partial charge >= 0.3 is 0 Å². The van der Waals surface area contributed by atoms with Crippen molar-refractivity contribution in [1.29, 1.82) is 0 Å². The minimum absolute atomic E-state index is 0.0926. The van der Waals surface area contributed by atoms with E-state index in [1.54, 1.807) is 0 Å². The molecule has 3 nitrogen and oxygen atoms in total. The molecule has 0 amide bonds. The molecular weight excluding hydrogens is 223 g/mol. The predicted octanol–water partition coefficient (Wildman–Crippen LogP) is 2.24. The van der Waals surface area contributed by atoms with Gasteiger partial charge in [0.15, 0.2) is 0 Å². The summed E-state index contributed by atoms with van der Waals surface area (Å²) in [6.07, 6.45) is 0. The Hall–Kier alpha value is -0.290. The lowest BCUT2D eigenvalue weighted by Gasteiger charge is -2.01. The zero-order chi connectivity index (χ0) is 9.35. The van der Waals surface area contributed by atoms with Crippen molar-refractivity contribution < 1.29 is 13.0 Å². The Kier molecular flexibility index (Phi) is 2.63. The first kappa shape index (κ1) is 9.80. The van der Waals surface area contributed by atoms with E-state index in [0.717, 1.165) is 0 Å². The maximum Gasteiger partial charge on any atom is 0.297 e. The molecule has 0 fully saturated rings. The molecule has 12 heavy (non-hydrogen) atoms. The van der Waals surface area contributed by atoms with E-state index in [2.05, 4.69) is 0 Å². The molecule has 0 aliphatic rings. The molecule has 1 aromatic rings. The number of hydrogen-bond acceptors (Lipinski definition) is 2. The molecule has 0 saturated heterocycles. The molecule has 0 bridgehead atoms. The summed E-state index contributed by atoms with van der Waals surface area (Å²) in [7, 11) is -4.33. The number of benzene rings is 1.